The van der Waals surface area contributed by atoms with Crippen LogP contribution in [-0.2, 0) is 0 Å². The average molecular weight is 266 g/mol. The monoisotopic (exact) mass is 265 g/mol. The Balaban J connectivity index is 2.74. The zero-order chi connectivity index (χ0) is 13.3. The fraction of sp³-hybridized carbons (Fsp3) is 0.571. The molecule has 18 heavy (non-hydrogen) atoms. The fourth-order valence-electron chi connectivity index (χ4n) is 2.42. The lowest BCUT2D eigenvalue weighted by molar-refractivity contribution is 0.464. The molecule has 0 aliphatic heterocycles. The molecule has 0 amide bonds. The van der Waals surface area contributed by atoms with Crippen molar-refractivity contribution < 1.29 is 0 Å². The molecule has 0 aliphatic rings. The topological polar surface area (TPSA) is 30.7 Å². The number of fused-ring (bicyclic) bond motifs is 1. The van der Waals surface area contributed by atoms with Gasteiger partial charge in [0.2, 0.25) is 0 Å². The largest absolute Gasteiger partial charge is 0.308 e. The van der Waals surface area contributed by atoms with Crippen LogP contribution >= 0.6 is 11.6 Å². The van der Waals surface area contributed by atoms with Gasteiger partial charge in [-0.1, -0.05) is 13.8 Å². The molecule has 4 heteroatoms. The number of aromatic nitrogens is 3. The van der Waals surface area contributed by atoms with Crippen molar-refractivity contribution in [3.8, 4) is 0 Å². The summed E-state index contributed by atoms with van der Waals surface area (Å²) in [5, 5.41) is -0.0980. The lowest BCUT2D eigenvalue weighted by atomic mass is 10.1. The molecule has 0 saturated carbocycles. The molecule has 1 atom stereocenters. The molecule has 3 nitrogen and oxygen atoms in total. The Morgan fingerprint density at radius 3 is 2.56 bits per heavy atom. The van der Waals surface area contributed by atoms with E-state index in [0.29, 0.717) is 6.04 Å². The highest BCUT2D eigenvalue weighted by molar-refractivity contribution is 6.20. The fourth-order valence-corrected chi connectivity index (χ4v) is 2.58. The Labute approximate surface area is 113 Å². The third-order valence-corrected chi connectivity index (χ3v) is 3.67. The molecule has 98 valence electrons. The first kappa shape index (κ1) is 13.3. The average Bonchev–Trinajstić information content (AvgIpc) is 2.72. The highest BCUT2D eigenvalue weighted by Gasteiger charge is 2.21. The number of pyridine rings is 1. The second kappa shape index (κ2) is 5.27. The van der Waals surface area contributed by atoms with Crippen LogP contribution < -0.4 is 0 Å². The van der Waals surface area contributed by atoms with E-state index in [0.717, 1.165) is 35.4 Å². The van der Waals surface area contributed by atoms with Crippen molar-refractivity contribution in [3.63, 3.8) is 0 Å². The van der Waals surface area contributed by atoms with Crippen molar-refractivity contribution in [3.05, 3.63) is 23.7 Å². The number of hydrogen-bond acceptors (Lipinski definition) is 2. The minimum Gasteiger partial charge on any atom is -0.308 e. The van der Waals surface area contributed by atoms with E-state index < -0.39 is 0 Å². The van der Waals surface area contributed by atoms with Gasteiger partial charge in [0.25, 0.3) is 0 Å². The van der Waals surface area contributed by atoms with Crippen molar-refractivity contribution in [1.29, 1.82) is 0 Å². The molecule has 0 aromatic carbocycles. The molecule has 2 rings (SSSR count). The zero-order valence-electron chi connectivity index (χ0n) is 11.4. The normalized spacial score (nSPS) is 13.4. The van der Waals surface area contributed by atoms with Crippen LogP contribution in [0, 0.1) is 6.92 Å². The first-order valence-electron chi connectivity index (χ1n) is 6.57. The lowest BCUT2D eigenvalue weighted by Gasteiger charge is -2.19. The van der Waals surface area contributed by atoms with Crippen LogP contribution in [0.5, 0.6) is 0 Å². The minimum absolute atomic E-state index is 0.0980. The molecule has 0 fully saturated rings. The van der Waals surface area contributed by atoms with E-state index in [-0.39, 0.29) is 5.38 Å². The van der Waals surface area contributed by atoms with Crippen LogP contribution in [0.3, 0.4) is 0 Å². The van der Waals surface area contributed by atoms with Gasteiger partial charge in [-0.2, -0.15) is 0 Å². The molecule has 1 unspecified atom stereocenters. The van der Waals surface area contributed by atoms with Crippen LogP contribution in [0.15, 0.2) is 12.3 Å². The lowest BCUT2D eigenvalue weighted by Crippen LogP contribution is -2.12. The summed E-state index contributed by atoms with van der Waals surface area (Å²) in [6.45, 7) is 8.42. The standard InChI is InChI=1S/C14H20ClN3/c1-5-11(6-2)18-13(10(4)15)17-12-9(3)7-8-16-14(12)18/h7-8,10-11H,5-6H2,1-4H3. The number of alkyl halides is 1. The van der Waals surface area contributed by atoms with E-state index in [1.54, 1.807) is 0 Å². The van der Waals surface area contributed by atoms with Crippen LogP contribution in [0.25, 0.3) is 11.2 Å². The number of nitrogens with zero attached hydrogens (tertiary/aromatic N) is 3. The van der Waals surface area contributed by atoms with Gasteiger partial charge in [-0.05, 0) is 38.3 Å². The molecular formula is C14H20ClN3. The summed E-state index contributed by atoms with van der Waals surface area (Å²) in [5.41, 5.74) is 3.10. The van der Waals surface area contributed by atoms with Gasteiger partial charge >= 0.3 is 0 Å². The molecule has 0 N–H and O–H groups in total. The van der Waals surface area contributed by atoms with Gasteiger partial charge < -0.3 is 4.57 Å². The van der Waals surface area contributed by atoms with E-state index >= 15 is 0 Å². The van der Waals surface area contributed by atoms with Gasteiger partial charge in [-0.15, -0.1) is 11.6 Å². The zero-order valence-corrected chi connectivity index (χ0v) is 12.2. The van der Waals surface area contributed by atoms with Gasteiger partial charge in [0.15, 0.2) is 5.65 Å². The van der Waals surface area contributed by atoms with E-state index in [2.05, 4.69) is 30.3 Å². The molecule has 0 saturated heterocycles. The Bertz CT molecular complexity index is 541. The summed E-state index contributed by atoms with van der Waals surface area (Å²) in [7, 11) is 0. The highest BCUT2D eigenvalue weighted by atomic mass is 35.5. The van der Waals surface area contributed by atoms with Crippen molar-refractivity contribution in [2.24, 2.45) is 0 Å². The van der Waals surface area contributed by atoms with Crippen LogP contribution in [0.4, 0.5) is 0 Å². The maximum atomic E-state index is 6.28. The van der Waals surface area contributed by atoms with Crippen LogP contribution in [0.1, 0.15) is 56.4 Å². The maximum Gasteiger partial charge on any atom is 0.160 e. The number of imidazole rings is 1. The number of rotatable bonds is 4. The predicted octanol–water partition coefficient (Wildman–Crippen LogP) is 4.40. The molecule has 0 aliphatic carbocycles. The van der Waals surface area contributed by atoms with Crippen molar-refractivity contribution in [2.75, 3.05) is 0 Å². The van der Waals surface area contributed by atoms with Gasteiger partial charge in [-0.3, -0.25) is 0 Å². The summed E-state index contributed by atoms with van der Waals surface area (Å²) in [4.78, 5) is 9.20. The smallest absolute Gasteiger partial charge is 0.160 e. The summed E-state index contributed by atoms with van der Waals surface area (Å²) in [6, 6.07) is 2.41. The van der Waals surface area contributed by atoms with E-state index in [1.807, 2.05) is 19.2 Å². The summed E-state index contributed by atoms with van der Waals surface area (Å²) in [5.74, 6) is 0.933. The van der Waals surface area contributed by atoms with Crippen molar-refractivity contribution >= 4 is 22.8 Å². The summed E-state index contributed by atoms with van der Waals surface area (Å²) >= 11 is 6.28. The molecule has 0 radical (unpaired) electrons. The van der Waals surface area contributed by atoms with E-state index in [4.69, 9.17) is 16.6 Å². The van der Waals surface area contributed by atoms with E-state index in [9.17, 15) is 0 Å². The predicted molar refractivity (Wildman–Crippen MR) is 76.2 cm³/mol. The second-order valence-corrected chi connectivity index (χ2v) is 5.38. The first-order valence-corrected chi connectivity index (χ1v) is 7.01. The van der Waals surface area contributed by atoms with Crippen molar-refractivity contribution in [1.82, 2.24) is 14.5 Å². The third-order valence-electron chi connectivity index (χ3n) is 3.47. The Hall–Kier alpha value is -1.09. The first-order chi connectivity index (χ1) is 8.60. The summed E-state index contributed by atoms with van der Waals surface area (Å²) in [6.07, 6.45) is 3.98. The molecule has 2 aromatic rings. The summed E-state index contributed by atoms with van der Waals surface area (Å²) < 4.78 is 2.22. The molecule has 0 spiro atoms. The van der Waals surface area contributed by atoms with Crippen LogP contribution in [-0.4, -0.2) is 14.5 Å². The quantitative estimate of drug-likeness (QED) is 0.767. The minimum atomic E-state index is -0.0980. The molecule has 0 bridgehead atoms. The van der Waals surface area contributed by atoms with Gasteiger partial charge in [0.05, 0.1) is 5.38 Å². The second-order valence-electron chi connectivity index (χ2n) is 4.73. The molecule has 2 heterocycles. The Morgan fingerprint density at radius 2 is 2.00 bits per heavy atom. The van der Waals surface area contributed by atoms with Gasteiger partial charge in [-0.25, -0.2) is 9.97 Å². The number of hydrogen-bond donors (Lipinski definition) is 0. The Kier molecular flexibility index (Phi) is 3.91. The molecular weight excluding hydrogens is 246 g/mol. The number of aryl methyl sites for hydroxylation is 1. The van der Waals surface area contributed by atoms with Crippen LogP contribution in [0.2, 0.25) is 0 Å². The van der Waals surface area contributed by atoms with Gasteiger partial charge in [0.1, 0.15) is 11.3 Å². The van der Waals surface area contributed by atoms with Crippen molar-refractivity contribution in [2.45, 2.75) is 52.0 Å². The van der Waals surface area contributed by atoms with E-state index in [1.165, 1.54) is 0 Å². The maximum absolute atomic E-state index is 6.28. The SMILES string of the molecule is CCC(CC)n1c(C(C)Cl)nc2c(C)ccnc21. The molecule has 2 aromatic heterocycles. The third kappa shape index (κ3) is 2.12. The number of halogens is 1. The van der Waals surface area contributed by atoms with Gasteiger partial charge in [0, 0.05) is 12.2 Å². The highest BCUT2D eigenvalue weighted by Crippen LogP contribution is 2.30. The Morgan fingerprint density at radius 1 is 1.33 bits per heavy atom.